The molecule has 0 aliphatic rings. The van der Waals surface area contributed by atoms with Crippen molar-refractivity contribution in [1.29, 1.82) is 0 Å². The number of benzene rings is 2. The van der Waals surface area contributed by atoms with E-state index in [2.05, 4.69) is 5.32 Å². The van der Waals surface area contributed by atoms with Crippen LogP contribution in [0.15, 0.2) is 54.6 Å². The van der Waals surface area contributed by atoms with Crippen molar-refractivity contribution < 1.29 is 14.3 Å². The fraction of sp³-hybridized carbons (Fsp3) is 0.222. The van der Waals surface area contributed by atoms with Crippen LogP contribution in [0.1, 0.15) is 0 Å². The summed E-state index contributed by atoms with van der Waals surface area (Å²) in [5.74, 6) is 0.138. The van der Waals surface area contributed by atoms with E-state index in [9.17, 15) is 9.59 Å². The number of nitrogens with zero attached hydrogens (tertiary/aromatic N) is 1. The van der Waals surface area contributed by atoms with Gasteiger partial charge in [0.1, 0.15) is 5.75 Å². The summed E-state index contributed by atoms with van der Waals surface area (Å²) in [6.07, 6.45) is 0. The maximum Gasteiger partial charge on any atom is 0.258 e. The van der Waals surface area contributed by atoms with Crippen LogP contribution < -0.4 is 10.1 Å². The van der Waals surface area contributed by atoms with Gasteiger partial charge in [0.2, 0.25) is 5.91 Å². The summed E-state index contributed by atoms with van der Waals surface area (Å²) in [6, 6.07) is 17.4. The van der Waals surface area contributed by atoms with Crippen LogP contribution in [0.3, 0.4) is 0 Å². The Morgan fingerprint density at radius 3 is 2.35 bits per heavy atom. The number of hydrogen-bond acceptors (Lipinski definition) is 3. The Kier molecular flexibility index (Phi) is 5.74. The third kappa shape index (κ3) is 4.85. The van der Waals surface area contributed by atoms with Gasteiger partial charge in [-0.25, -0.2) is 0 Å². The van der Waals surface area contributed by atoms with E-state index in [0.717, 1.165) is 11.1 Å². The average Bonchev–Trinajstić information content (AvgIpc) is 2.58. The molecule has 0 aromatic heterocycles. The van der Waals surface area contributed by atoms with Gasteiger partial charge in [-0.2, -0.15) is 0 Å². The van der Waals surface area contributed by atoms with Gasteiger partial charge in [-0.05, 0) is 11.6 Å². The van der Waals surface area contributed by atoms with Crippen LogP contribution >= 0.6 is 0 Å². The van der Waals surface area contributed by atoms with Crippen LogP contribution in [-0.2, 0) is 9.59 Å². The maximum absolute atomic E-state index is 11.8. The number of carbonyl (C=O) groups is 2. The Morgan fingerprint density at radius 2 is 1.65 bits per heavy atom. The molecule has 0 heterocycles. The monoisotopic (exact) mass is 312 g/mol. The first-order valence-corrected chi connectivity index (χ1v) is 7.32. The lowest BCUT2D eigenvalue weighted by Crippen LogP contribution is -2.38. The highest BCUT2D eigenvalue weighted by molar-refractivity contribution is 5.85. The molecular weight excluding hydrogens is 292 g/mol. The standard InChI is InChI=1S/C18H20N2O3/c1-20(2)18(22)12-19-17(21)13-23-16-11-7-6-10-15(16)14-8-4-3-5-9-14/h3-11H,12-13H2,1-2H3,(H,19,21). The molecule has 2 aromatic rings. The molecule has 0 atom stereocenters. The second-order valence-corrected chi connectivity index (χ2v) is 5.22. The van der Waals surface area contributed by atoms with Crippen molar-refractivity contribution >= 4 is 11.8 Å². The van der Waals surface area contributed by atoms with Gasteiger partial charge in [0.05, 0.1) is 6.54 Å². The highest BCUT2D eigenvalue weighted by Gasteiger charge is 2.10. The van der Waals surface area contributed by atoms with Crippen molar-refractivity contribution in [3.05, 3.63) is 54.6 Å². The number of nitrogens with one attached hydrogen (secondary N) is 1. The molecule has 0 saturated heterocycles. The van der Waals surface area contributed by atoms with E-state index in [1.807, 2.05) is 54.6 Å². The van der Waals surface area contributed by atoms with Gasteiger partial charge in [-0.1, -0.05) is 48.5 Å². The quantitative estimate of drug-likeness (QED) is 0.887. The van der Waals surface area contributed by atoms with Crippen molar-refractivity contribution in [2.24, 2.45) is 0 Å². The predicted octanol–water partition coefficient (Wildman–Crippen LogP) is 1.94. The summed E-state index contributed by atoms with van der Waals surface area (Å²) in [5.41, 5.74) is 1.94. The molecule has 5 nitrogen and oxygen atoms in total. The number of hydrogen-bond donors (Lipinski definition) is 1. The van der Waals surface area contributed by atoms with Crippen LogP contribution in [0.4, 0.5) is 0 Å². The zero-order chi connectivity index (χ0) is 16.7. The highest BCUT2D eigenvalue weighted by Crippen LogP contribution is 2.29. The molecule has 0 saturated carbocycles. The van der Waals surface area contributed by atoms with Crippen molar-refractivity contribution in [3.63, 3.8) is 0 Å². The van der Waals surface area contributed by atoms with Gasteiger partial charge in [-0.15, -0.1) is 0 Å². The number of rotatable bonds is 6. The molecule has 5 heteroatoms. The SMILES string of the molecule is CN(C)C(=O)CNC(=O)COc1ccccc1-c1ccccc1. The van der Waals surface area contributed by atoms with Gasteiger partial charge in [0.25, 0.3) is 5.91 Å². The summed E-state index contributed by atoms with van der Waals surface area (Å²) in [7, 11) is 3.28. The van der Waals surface area contributed by atoms with E-state index in [4.69, 9.17) is 4.74 Å². The van der Waals surface area contributed by atoms with E-state index in [0.29, 0.717) is 5.75 Å². The Morgan fingerprint density at radius 1 is 1.00 bits per heavy atom. The number of para-hydroxylation sites is 1. The van der Waals surface area contributed by atoms with Gasteiger partial charge in [0, 0.05) is 19.7 Å². The van der Waals surface area contributed by atoms with Crippen LogP contribution in [-0.4, -0.2) is 44.0 Å². The summed E-state index contributed by atoms with van der Waals surface area (Å²) in [4.78, 5) is 24.6. The largest absolute Gasteiger partial charge is 0.483 e. The van der Waals surface area contributed by atoms with E-state index in [1.165, 1.54) is 4.90 Å². The second-order valence-electron chi connectivity index (χ2n) is 5.22. The Hall–Kier alpha value is -2.82. The van der Waals surface area contributed by atoms with Crippen LogP contribution in [0.5, 0.6) is 5.75 Å². The third-order valence-electron chi connectivity index (χ3n) is 3.27. The fourth-order valence-electron chi connectivity index (χ4n) is 1.98. The summed E-state index contributed by atoms with van der Waals surface area (Å²) >= 11 is 0. The number of ether oxygens (including phenoxy) is 1. The molecule has 0 spiro atoms. The minimum absolute atomic E-state index is 0.0322. The molecule has 0 aliphatic heterocycles. The number of amides is 2. The van der Waals surface area contributed by atoms with Crippen molar-refractivity contribution in [3.8, 4) is 16.9 Å². The van der Waals surface area contributed by atoms with E-state index in [-0.39, 0.29) is 25.0 Å². The molecule has 0 fully saturated rings. The Balaban J connectivity index is 1.96. The molecule has 23 heavy (non-hydrogen) atoms. The average molecular weight is 312 g/mol. The molecular formula is C18H20N2O3. The minimum atomic E-state index is -0.330. The lowest BCUT2D eigenvalue weighted by Gasteiger charge is -2.13. The van der Waals surface area contributed by atoms with Crippen molar-refractivity contribution in [2.45, 2.75) is 0 Å². The molecule has 0 unspecified atom stereocenters. The van der Waals surface area contributed by atoms with Crippen LogP contribution in [0.2, 0.25) is 0 Å². The van der Waals surface area contributed by atoms with E-state index < -0.39 is 0 Å². The molecule has 120 valence electrons. The molecule has 2 rings (SSSR count). The number of likely N-dealkylation sites (N-methyl/N-ethyl adjacent to an activating group) is 1. The Labute approximate surface area is 135 Å². The van der Waals surface area contributed by atoms with Crippen molar-refractivity contribution in [1.82, 2.24) is 10.2 Å². The first-order valence-electron chi connectivity index (χ1n) is 7.32. The van der Waals surface area contributed by atoms with Gasteiger partial charge in [-0.3, -0.25) is 9.59 Å². The number of carbonyl (C=O) groups excluding carboxylic acids is 2. The molecule has 2 amide bonds. The summed E-state index contributed by atoms with van der Waals surface area (Å²) < 4.78 is 5.61. The molecule has 0 radical (unpaired) electrons. The topological polar surface area (TPSA) is 58.6 Å². The first-order chi connectivity index (χ1) is 11.1. The molecule has 0 aliphatic carbocycles. The summed E-state index contributed by atoms with van der Waals surface area (Å²) in [5, 5.41) is 2.54. The maximum atomic E-state index is 11.8. The van der Waals surface area contributed by atoms with Gasteiger partial charge < -0.3 is 15.0 Å². The summed E-state index contributed by atoms with van der Waals surface area (Å²) in [6.45, 7) is -0.167. The van der Waals surface area contributed by atoms with Gasteiger partial charge >= 0.3 is 0 Å². The predicted molar refractivity (Wildman–Crippen MR) is 89.1 cm³/mol. The Bertz CT molecular complexity index is 669. The van der Waals surface area contributed by atoms with Crippen molar-refractivity contribution in [2.75, 3.05) is 27.2 Å². The molecule has 1 N–H and O–H groups in total. The van der Waals surface area contributed by atoms with Crippen LogP contribution in [0.25, 0.3) is 11.1 Å². The zero-order valence-electron chi connectivity index (χ0n) is 13.3. The third-order valence-corrected chi connectivity index (χ3v) is 3.27. The van der Waals surface area contributed by atoms with E-state index in [1.54, 1.807) is 14.1 Å². The zero-order valence-corrected chi connectivity index (χ0v) is 13.3. The van der Waals surface area contributed by atoms with Crippen LogP contribution in [0, 0.1) is 0 Å². The minimum Gasteiger partial charge on any atom is -0.483 e. The molecule has 0 bridgehead atoms. The van der Waals surface area contributed by atoms with E-state index >= 15 is 0 Å². The smallest absolute Gasteiger partial charge is 0.258 e. The fourth-order valence-corrected chi connectivity index (χ4v) is 1.98. The molecule has 2 aromatic carbocycles. The lowest BCUT2D eigenvalue weighted by molar-refractivity contribution is -0.131. The lowest BCUT2D eigenvalue weighted by atomic mass is 10.1. The highest BCUT2D eigenvalue weighted by atomic mass is 16.5. The second kappa shape index (κ2) is 7.98. The normalized spacial score (nSPS) is 10.0. The van der Waals surface area contributed by atoms with Gasteiger partial charge in [0.15, 0.2) is 6.61 Å². The first kappa shape index (κ1) is 16.5.